The van der Waals surface area contributed by atoms with E-state index in [1.54, 1.807) is 25.1 Å². The van der Waals surface area contributed by atoms with E-state index in [4.69, 9.17) is 5.73 Å². The van der Waals surface area contributed by atoms with Gasteiger partial charge in [0.1, 0.15) is 5.69 Å². The summed E-state index contributed by atoms with van der Waals surface area (Å²) in [5, 5.41) is 15.5. The molecule has 7 nitrogen and oxygen atoms in total. The van der Waals surface area contributed by atoms with Crippen LogP contribution in [0.2, 0.25) is 0 Å². The van der Waals surface area contributed by atoms with Gasteiger partial charge in [0.25, 0.3) is 5.69 Å². The first-order chi connectivity index (χ1) is 12.0. The molecule has 11 heteroatoms. The fourth-order valence-electron chi connectivity index (χ4n) is 2.10. The molecule has 0 aliphatic heterocycles. The third-order valence-corrected chi connectivity index (χ3v) is 3.86. The highest BCUT2D eigenvalue weighted by Crippen LogP contribution is 2.38. The molecular formula is C15H12BrF3N4O3. The number of nitrogens with two attached hydrogens (primary N) is 1. The van der Waals surface area contributed by atoms with Crippen LogP contribution in [0.4, 0.5) is 40.7 Å². The highest BCUT2D eigenvalue weighted by molar-refractivity contribution is 9.10. The second-order valence-corrected chi connectivity index (χ2v) is 6.17. The Bertz CT molecular complexity index is 887. The smallest absolute Gasteiger partial charge is 0.391 e. The van der Waals surface area contributed by atoms with Crippen molar-refractivity contribution in [1.29, 1.82) is 0 Å². The van der Waals surface area contributed by atoms with E-state index in [0.29, 0.717) is 23.4 Å². The highest BCUT2D eigenvalue weighted by atomic mass is 79.9. The summed E-state index contributed by atoms with van der Waals surface area (Å²) in [5.74, 6) is 0. The predicted octanol–water partition coefficient (Wildman–Crippen LogP) is 4.91. The van der Waals surface area contributed by atoms with Crippen LogP contribution in [0, 0.1) is 17.0 Å². The number of nitrogen functional groups attached to an aromatic ring is 1. The molecule has 0 saturated heterocycles. The van der Waals surface area contributed by atoms with Crippen molar-refractivity contribution in [3.8, 4) is 0 Å². The Morgan fingerprint density at radius 1 is 1.19 bits per heavy atom. The van der Waals surface area contributed by atoms with Crippen LogP contribution in [0.5, 0.6) is 0 Å². The van der Waals surface area contributed by atoms with Crippen LogP contribution in [0.1, 0.15) is 11.1 Å². The van der Waals surface area contributed by atoms with E-state index in [1.165, 1.54) is 0 Å². The molecule has 0 aromatic heterocycles. The lowest BCUT2D eigenvalue weighted by Gasteiger charge is -2.14. The van der Waals surface area contributed by atoms with Crippen molar-refractivity contribution in [3.05, 3.63) is 56.0 Å². The van der Waals surface area contributed by atoms with Crippen LogP contribution >= 0.6 is 15.9 Å². The quantitative estimate of drug-likeness (QED) is 0.363. The fraction of sp³-hybridized carbons (Fsp3) is 0.133. The zero-order valence-corrected chi connectivity index (χ0v) is 14.7. The van der Waals surface area contributed by atoms with E-state index in [1.807, 2.05) is 0 Å². The predicted molar refractivity (Wildman–Crippen MR) is 94.0 cm³/mol. The molecule has 0 aliphatic carbocycles. The van der Waals surface area contributed by atoms with Crippen molar-refractivity contribution in [2.75, 3.05) is 16.4 Å². The second-order valence-electron chi connectivity index (χ2n) is 5.25. The number of urea groups is 1. The summed E-state index contributed by atoms with van der Waals surface area (Å²) in [6.07, 6.45) is -4.84. The molecule has 2 aromatic rings. The average molecular weight is 433 g/mol. The third kappa shape index (κ3) is 4.42. The number of hydrogen-bond donors (Lipinski definition) is 3. The van der Waals surface area contributed by atoms with Gasteiger partial charge in [-0.15, -0.1) is 0 Å². The van der Waals surface area contributed by atoms with Crippen LogP contribution in [-0.2, 0) is 6.18 Å². The van der Waals surface area contributed by atoms with Gasteiger partial charge in [0, 0.05) is 16.2 Å². The van der Waals surface area contributed by atoms with Crippen molar-refractivity contribution >= 4 is 44.7 Å². The number of nitro benzene ring substituents is 1. The minimum Gasteiger partial charge on any atom is -0.391 e. The van der Waals surface area contributed by atoms with Gasteiger partial charge in [-0.1, -0.05) is 15.9 Å². The summed E-state index contributed by atoms with van der Waals surface area (Å²) in [6.45, 7) is 1.71. The fourth-order valence-corrected chi connectivity index (χ4v) is 2.57. The normalized spacial score (nSPS) is 11.1. The summed E-state index contributed by atoms with van der Waals surface area (Å²) in [5.41, 5.74) is 3.29. The van der Waals surface area contributed by atoms with Crippen LogP contribution in [0.15, 0.2) is 34.8 Å². The summed E-state index contributed by atoms with van der Waals surface area (Å²) in [6, 6.07) is 4.92. The largest absolute Gasteiger partial charge is 0.416 e. The number of nitrogens with zero attached hydrogens (tertiary/aromatic N) is 1. The van der Waals surface area contributed by atoms with Gasteiger partial charge in [-0.3, -0.25) is 10.1 Å². The number of carbonyl (C=O) groups is 1. The molecule has 2 aromatic carbocycles. The molecule has 0 aliphatic rings. The minimum absolute atomic E-state index is 0.317. The number of halogens is 4. The topological polar surface area (TPSA) is 110 Å². The number of nitro groups is 1. The number of alkyl halides is 3. The maximum Gasteiger partial charge on any atom is 0.416 e. The number of aryl methyl sites for hydroxylation is 1. The number of amides is 2. The summed E-state index contributed by atoms with van der Waals surface area (Å²) in [7, 11) is 0. The Morgan fingerprint density at radius 2 is 1.81 bits per heavy atom. The van der Waals surface area contributed by atoms with Crippen molar-refractivity contribution < 1.29 is 22.9 Å². The molecule has 0 radical (unpaired) electrons. The Labute approximate surface area is 153 Å². The summed E-state index contributed by atoms with van der Waals surface area (Å²) < 4.78 is 39.5. The Kier molecular flexibility index (Phi) is 5.40. The van der Waals surface area contributed by atoms with Crippen molar-refractivity contribution in [1.82, 2.24) is 0 Å². The van der Waals surface area contributed by atoms with Gasteiger partial charge in [-0.05, 0) is 36.8 Å². The zero-order chi connectivity index (χ0) is 19.6. The Morgan fingerprint density at radius 3 is 2.35 bits per heavy atom. The Hall–Kier alpha value is -2.82. The highest BCUT2D eigenvalue weighted by Gasteiger charge is 2.34. The van der Waals surface area contributed by atoms with Gasteiger partial charge in [0.05, 0.1) is 16.2 Å². The van der Waals surface area contributed by atoms with E-state index < -0.39 is 39.8 Å². The third-order valence-electron chi connectivity index (χ3n) is 3.37. The number of benzene rings is 2. The number of hydrogen-bond acceptors (Lipinski definition) is 4. The average Bonchev–Trinajstić information content (AvgIpc) is 2.50. The maximum absolute atomic E-state index is 12.9. The summed E-state index contributed by atoms with van der Waals surface area (Å²) >= 11 is 3.26. The first-order valence-corrected chi connectivity index (χ1v) is 7.77. The molecule has 0 fully saturated rings. The van der Waals surface area contributed by atoms with Gasteiger partial charge in [-0.25, -0.2) is 4.79 Å². The molecule has 0 saturated carbocycles. The monoisotopic (exact) mass is 432 g/mol. The van der Waals surface area contributed by atoms with E-state index in [-0.39, 0.29) is 0 Å². The molecule has 0 unspecified atom stereocenters. The molecular weight excluding hydrogens is 421 g/mol. The van der Waals surface area contributed by atoms with Gasteiger partial charge in [0.15, 0.2) is 0 Å². The molecule has 0 atom stereocenters. The van der Waals surface area contributed by atoms with E-state index in [9.17, 15) is 28.1 Å². The van der Waals surface area contributed by atoms with E-state index in [0.717, 1.165) is 4.47 Å². The number of rotatable bonds is 3. The van der Waals surface area contributed by atoms with Crippen LogP contribution < -0.4 is 16.4 Å². The van der Waals surface area contributed by atoms with Gasteiger partial charge in [-0.2, -0.15) is 13.2 Å². The lowest BCUT2D eigenvalue weighted by Crippen LogP contribution is -2.21. The Balaban J connectivity index is 2.34. The lowest BCUT2D eigenvalue weighted by atomic mass is 10.1. The van der Waals surface area contributed by atoms with E-state index >= 15 is 0 Å². The zero-order valence-electron chi connectivity index (χ0n) is 13.1. The molecule has 0 bridgehead atoms. The summed E-state index contributed by atoms with van der Waals surface area (Å²) in [4.78, 5) is 22.0. The molecule has 2 amide bonds. The first kappa shape index (κ1) is 19.5. The molecule has 138 valence electrons. The number of nitrogens with one attached hydrogen (secondary N) is 2. The van der Waals surface area contributed by atoms with E-state index in [2.05, 4.69) is 26.6 Å². The van der Waals surface area contributed by atoms with Crippen LogP contribution in [-0.4, -0.2) is 11.0 Å². The van der Waals surface area contributed by atoms with Crippen molar-refractivity contribution in [3.63, 3.8) is 0 Å². The SMILES string of the molecule is Cc1cc(Br)ccc1NC(=O)Nc1cc(C(F)(F)F)cc([N+](=O)[O-])c1N. The number of anilines is 3. The van der Waals surface area contributed by atoms with Gasteiger partial charge >= 0.3 is 12.2 Å². The van der Waals surface area contributed by atoms with Gasteiger partial charge in [0.2, 0.25) is 0 Å². The second kappa shape index (κ2) is 7.20. The van der Waals surface area contributed by atoms with Crippen molar-refractivity contribution in [2.24, 2.45) is 0 Å². The lowest BCUT2D eigenvalue weighted by molar-refractivity contribution is -0.384. The maximum atomic E-state index is 12.9. The van der Waals surface area contributed by atoms with Gasteiger partial charge < -0.3 is 16.4 Å². The molecule has 4 N–H and O–H groups in total. The van der Waals surface area contributed by atoms with Crippen molar-refractivity contribution in [2.45, 2.75) is 13.1 Å². The van der Waals surface area contributed by atoms with Crippen LogP contribution in [0.3, 0.4) is 0 Å². The number of carbonyl (C=O) groups excluding carboxylic acids is 1. The molecule has 0 heterocycles. The molecule has 0 spiro atoms. The standard InChI is InChI=1S/C15H12BrF3N4O3/c1-7-4-9(16)2-3-10(7)21-14(24)22-11-5-8(15(17,18)19)6-12(13(11)20)23(25)26/h2-6H,20H2,1H3,(H2,21,22,24). The first-order valence-electron chi connectivity index (χ1n) is 6.98. The molecule has 26 heavy (non-hydrogen) atoms. The van der Waals surface area contributed by atoms with Crippen LogP contribution in [0.25, 0.3) is 0 Å². The molecule has 2 rings (SSSR count). The minimum atomic E-state index is -4.84.